The van der Waals surface area contributed by atoms with Crippen LogP contribution in [0.1, 0.15) is 65.0 Å². The van der Waals surface area contributed by atoms with Crippen LogP contribution in [0.25, 0.3) is 0 Å². The Bertz CT molecular complexity index is 725. The van der Waals surface area contributed by atoms with Gasteiger partial charge in [-0.25, -0.2) is 4.79 Å². The second-order valence-corrected chi connectivity index (χ2v) is 9.67. The topological polar surface area (TPSA) is 67.9 Å². The van der Waals surface area contributed by atoms with Crippen LogP contribution < -0.4 is 5.32 Å². The standard InChI is InChI=1S/C23H34N2O4/c1-17(18-9-7-6-8-10-18)24-23(19(26)28-5)15-22(16-23)11-13-25(14-12-22)20(27)29-21(2,3)4/h6-10,17,24H,11-16H2,1-5H3/t17-/m0/s1. The Morgan fingerprint density at radius 1 is 1.10 bits per heavy atom. The molecule has 1 aliphatic heterocycles. The molecule has 1 saturated carbocycles. The minimum absolute atomic E-state index is 0.0505. The van der Waals surface area contributed by atoms with Gasteiger partial charge in [-0.15, -0.1) is 0 Å². The molecule has 2 fully saturated rings. The SMILES string of the molecule is COC(=O)C1(N[C@@H](C)c2ccccc2)CC2(CCN(C(=O)OC(C)(C)C)CC2)C1. The summed E-state index contributed by atoms with van der Waals surface area (Å²) in [5, 5.41) is 3.55. The molecule has 1 aromatic rings. The van der Waals surface area contributed by atoms with E-state index >= 15 is 0 Å². The summed E-state index contributed by atoms with van der Waals surface area (Å²) >= 11 is 0. The van der Waals surface area contributed by atoms with E-state index in [1.807, 2.05) is 39.0 Å². The van der Waals surface area contributed by atoms with Crippen molar-refractivity contribution in [2.45, 2.75) is 70.6 Å². The summed E-state index contributed by atoms with van der Waals surface area (Å²) in [7, 11) is 1.45. The fourth-order valence-electron chi connectivity index (χ4n) is 4.81. The highest BCUT2D eigenvalue weighted by molar-refractivity contribution is 5.82. The molecule has 1 N–H and O–H groups in total. The lowest BCUT2D eigenvalue weighted by molar-refractivity contribution is -0.164. The highest BCUT2D eigenvalue weighted by atomic mass is 16.6. The number of hydrogen-bond donors (Lipinski definition) is 1. The van der Waals surface area contributed by atoms with Crippen molar-refractivity contribution in [2.24, 2.45) is 5.41 Å². The molecular weight excluding hydrogens is 368 g/mol. The Morgan fingerprint density at radius 2 is 1.69 bits per heavy atom. The smallest absolute Gasteiger partial charge is 0.410 e. The van der Waals surface area contributed by atoms with Gasteiger partial charge in [0.15, 0.2) is 0 Å². The van der Waals surface area contributed by atoms with Crippen LogP contribution in [0.2, 0.25) is 0 Å². The number of methoxy groups -OCH3 is 1. The first-order valence-electron chi connectivity index (χ1n) is 10.5. The van der Waals surface area contributed by atoms with Crippen LogP contribution in [0.5, 0.6) is 0 Å². The molecule has 2 aliphatic rings. The molecular formula is C23H34N2O4. The molecule has 0 bridgehead atoms. The Labute approximate surface area is 173 Å². The van der Waals surface area contributed by atoms with Crippen LogP contribution in [-0.2, 0) is 14.3 Å². The van der Waals surface area contributed by atoms with Gasteiger partial charge in [-0.05, 0) is 64.4 Å². The van der Waals surface area contributed by atoms with Gasteiger partial charge >= 0.3 is 12.1 Å². The number of benzene rings is 1. The molecule has 0 radical (unpaired) electrons. The first kappa shape index (κ1) is 21.6. The maximum absolute atomic E-state index is 12.7. The van der Waals surface area contributed by atoms with Gasteiger partial charge in [0.1, 0.15) is 11.1 Å². The van der Waals surface area contributed by atoms with Crippen molar-refractivity contribution < 1.29 is 19.1 Å². The number of amides is 1. The lowest BCUT2D eigenvalue weighted by atomic mass is 9.53. The zero-order chi connectivity index (χ0) is 21.3. The molecule has 3 rings (SSSR count). The molecule has 1 spiro atoms. The number of hydrogen-bond acceptors (Lipinski definition) is 5. The van der Waals surface area contributed by atoms with Crippen LogP contribution in [0, 0.1) is 5.41 Å². The maximum atomic E-state index is 12.7. The molecule has 1 heterocycles. The van der Waals surface area contributed by atoms with Crippen LogP contribution >= 0.6 is 0 Å². The quantitative estimate of drug-likeness (QED) is 0.769. The summed E-state index contributed by atoms with van der Waals surface area (Å²) in [4.78, 5) is 26.8. The zero-order valence-electron chi connectivity index (χ0n) is 18.3. The molecule has 160 valence electrons. The summed E-state index contributed by atoms with van der Waals surface area (Å²) < 4.78 is 10.7. The van der Waals surface area contributed by atoms with Crippen molar-refractivity contribution in [3.8, 4) is 0 Å². The third kappa shape index (κ3) is 4.74. The van der Waals surface area contributed by atoms with Gasteiger partial charge < -0.3 is 14.4 Å². The Balaban J connectivity index is 1.62. The van der Waals surface area contributed by atoms with Crippen molar-refractivity contribution >= 4 is 12.1 Å². The van der Waals surface area contributed by atoms with Gasteiger partial charge in [0, 0.05) is 19.1 Å². The normalized spacial score (nSPS) is 21.2. The summed E-state index contributed by atoms with van der Waals surface area (Å²) in [5.74, 6) is -0.194. The van der Waals surface area contributed by atoms with E-state index in [2.05, 4.69) is 24.4 Å². The van der Waals surface area contributed by atoms with Gasteiger partial charge in [0.2, 0.25) is 0 Å². The number of esters is 1. The molecule has 6 nitrogen and oxygen atoms in total. The van der Waals surface area contributed by atoms with E-state index < -0.39 is 11.1 Å². The highest BCUT2D eigenvalue weighted by Gasteiger charge is 2.60. The summed E-state index contributed by atoms with van der Waals surface area (Å²) in [6.07, 6.45) is 3.00. The van der Waals surface area contributed by atoms with Gasteiger partial charge in [0.05, 0.1) is 7.11 Å². The third-order valence-corrected chi connectivity index (χ3v) is 6.20. The number of rotatable bonds is 4. The number of nitrogens with one attached hydrogen (secondary N) is 1. The number of likely N-dealkylation sites (tertiary alicyclic amines) is 1. The summed E-state index contributed by atoms with van der Waals surface area (Å²) in [6, 6.07) is 10.2. The average molecular weight is 403 g/mol. The molecule has 1 saturated heterocycles. The molecule has 29 heavy (non-hydrogen) atoms. The number of piperidine rings is 1. The van der Waals surface area contributed by atoms with E-state index in [1.165, 1.54) is 7.11 Å². The maximum Gasteiger partial charge on any atom is 0.410 e. The number of ether oxygens (including phenoxy) is 2. The van der Waals surface area contributed by atoms with E-state index in [4.69, 9.17) is 9.47 Å². The number of carbonyl (C=O) groups is 2. The van der Waals surface area contributed by atoms with Gasteiger partial charge in [-0.1, -0.05) is 30.3 Å². The van der Waals surface area contributed by atoms with Gasteiger partial charge in [-0.3, -0.25) is 10.1 Å². The van der Waals surface area contributed by atoms with Crippen molar-refractivity contribution in [1.82, 2.24) is 10.2 Å². The lowest BCUT2D eigenvalue weighted by Crippen LogP contribution is -2.67. The molecule has 0 aromatic heterocycles. The molecule has 1 atom stereocenters. The summed E-state index contributed by atoms with van der Waals surface area (Å²) in [5.41, 5.74) is 0.0884. The molecule has 1 aromatic carbocycles. The van der Waals surface area contributed by atoms with E-state index in [0.717, 1.165) is 31.2 Å². The highest BCUT2D eigenvalue weighted by Crippen LogP contribution is 2.55. The van der Waals surface area contributed by atoms with Crippen molar-refractivity contribution in [3.63, 3.8) is 0 Å². The Hall–Kier alpha value is -2.08. The van der Waals surface area contributed by atoms with E-state index in [0.29, 0.717) is 13.1 Å². The van der Waals surface area contributed by atoms with E-state index in [-0.39, 0.29) is 23.5 Å². The van der Waals surface area contributed by atoms with Crippen LogP contribution in [0.15, 0.2) is 30.3 Å². The third-order valence-electron chi connectivity index (χ3n) is 6.20. The first-order valence-corrected chi connectivity index (χ1v) is 10.5. The Morgan fingerprint density at radius 3 is 2.21 bits per heavy atom. The number of nitrogens with zero attached hydrogens (tertiary/aromatic N) is 1. The second kappa shape index (κ2) is 7.98. The fourth-order valence-corrected chi connectivity index (χ4v) is 4.81. The van der Waals surface area contributed by atoms with Crippen molar-refractivity contribution in [2.75, 3.05) is 20.2 Å². The zero-order valence-corrected chi connectivity index (χ0v) is 18.3. The molecule has 1 aliphatic carbocycles. The molecule has 1 amide bonds. The predicted octanol–water partition coefficient (Wildman–Crippen LogP) is 4.06. The van der Waals surface area contributed by atoms with Gasteiger partial charge in [0.25, 0.3) is 0 Å². The monoisotopic (exact) mass is 402 g/mol. The average Bonchev–Trinajstić information content (AvgIpc) is 2.65. The van der Waals surface area contributed by atoms with Crippen LogP contribution in [0.3, 0.4) is 0 Å². The van der Waals surface area contributed by atoms with Gasteiger partial charge in [-0.2, -0.15) is 0 Å². The number of carbonyl (C=O) groups excluding carboxylic acids is 2. The largest absolute Gasteiger partial charge is 0.468 e. The van der Waals surface area contributed by atoms with Crippen molar-refractivity contribution in [1.29, 1.82) is 0 Å². The van der Waals surface area contributed by atoms with Crippen LogP contribution in [-0.4, -0.2) is 48.3 Å². The summed E-state index contributed by atoms with van der Waals surface area (Å²) in [6.45, 7) is 9.06. The van der Waals surface area contributed by atoms with E-state index in [1.54, 1.807) is 4.90 Å². The first-order chi connectivity index (χ1) is 13.6. The molecule has 0 unspecified atom stereocenters. The minimum atomic E-state index is -0.655. The van der Waals surface area contributed by atoms with Crippen molar-refractivity contribution in [3.05, 3.63) is 35.9 Å². The Kier molecular flexibility index (Phi) is 5.95. The van der Waals surface area contributed by atoms with Crippen LogP contribution in [0.4, 0.5) is 4.79 Å². The molecule has 6 heteroatoms. The fraction of sp³-hybridized carbons (Fsp3) is 0.652. The minimum Gasteiger partial charge on any atom is -0.468 e. The second-order valence-electron chi connectivity index (χ2n) is 9.67. The predicted molar refractivity (Wildman–Crippen MR) is 111 cm³/mol. The van der Waals surface area contributed by atoms with E-state index in [9.17, 15) is 9.59 Å². The lowest BCUT2D eigenvalue weighted by Gasteiger charge is -2.58.